The first kappa shape index (κ1) is 22.2. The third kappa shape index (κ3) is 2.68. The molecule has 0 amide bonds. The normalized spacial score (nSPS) is 14.2. The second-order valence-electron chi connectivity index (χ2n) is 12.4. The summed E-state index contributed by atoms with van der Waals surface area (Å²) < 4.78 is 2.52. The Hall–Kier alpha value is -4.62. The third-order valence-corrected chi connectivity index (χ3v) is 9.58. The van der Waals surface area contributed by atoms with Crippen LogP contribution in [0.3, 0.4) is 0 Å². The highest BCUT2D eigenvalue weighted by Gasteiger charge is 2.35. The molecule has 0 bridgehead atoms. The predicted molar refractivity (Wildman–Crippen MR) is 172 cm³/mol. The number of nitrogens with zero attached hydrogens (tertiary/aromatic N) is 1. The molecular weight excluding hydrogens is 482 g/mol. The van der Waals surface area contributed by atoms with Crippen molar-refractivity contribution in [3.8, 4) is 16.8 Å². The summed E-state index contributed by atoms with van der Waals surface area (Å²) in [4.78, 5) is 0. The summed E-state index contributed by atoms with van der Waals surface area (Å²) in [6.45, 7) is 9.24. The Morgan fingerprint density at radius 1 is 0.550 bits per heavy atom. The van der Waals surface area contributed by atoms with E-state index in [2.05, 4.69) is 135 Å². The monoisotopic (exact) mass is 511 g/mol. The first-order valence-corrected chi connectivity index (χ1v) is 14.3. The number of aromatic nitrogens is 1. The molecule has 40 heavy (non-hydrogen) atoms. The minimum absolute atomic E-state index is 0.126. The van der Waals surface area contributed by atoms with Crippen LogP contribution in [-0.2, 0) is 5.41 Å². The highest BCUT2D eigenvalue weighted by Crippen LogP contribution is 2.49. The van der Waals surface area contributed by atoms with Crippen molar-refractivity contribution in [1.29, 1.82) is 0 Å². The van der Waals surface area contributed by atoms with Crippen molar-refractivity contribution >= 4 is 54.1 Å². The maximum atomic E-state index is 2.52. The highest BCUT2D eigenvalue weighted by atomic mass is 15.0. The zero-order valence-electron chi connectivity index (χ0n) is 23.3. The van der Waals surface area contributed by atoms with Crippen molar-refractivity contribution in [2.45, 2.75) is 33.1 Å². The predicted octanol–water partition coefficient (Wildman–Crippen LogP) is 10.6. The van der Waals surface area contributed by atoms with Gasteiger partial charge in [-0.15, -0.1) is 0 Å². The summed E-state index contributed by atoms with van der Waals surface area (Å²) in [6, 6.07) is 39.3. The molecule has 0 saturated carbocycles. The molecule has 7 aromatic carbocycles. The van der Waals surface area contributed by atoms with Gasteiger partial charge in [-0.1, -0.05) is 97.8 Å². The number of hydrogen-bond acceptors (Lipinski definition) is 0. The fourth-order valence-corrected chi connectivity index (χ4v) is 7.66. The summed E-state index contributed by atoms with van der Waals surface area (Å²) in [5.41, 5.74) is 11.8. The molecule has 0 saturated heterocycles. The van der Waals surface area contributed by atoms with Gasteiger partial charge in [-0.2, -0.15) is 0 Å². The van der Waals surface area contributed by atoms with Gasteiger partial charge in [0, 0.05) is 16.2 Å². The molecule has 2 heterocycles. The van der Waals surface area contributed by atoms with Crippen LogP contribution in [0.2, 0.25) is 0 Å². The Balaban J connectivity index is 1.37. The summed E-state index contributed by atoms with van der Waals surface area (Å²) in [5, 5.41) is 10.7. The molecule has 0 fully saturated rings. The summed E-state index contributed by atoms with van der Waals surface area (Å²) in [5.74, 6) is 0. The molecule has 0 unspecified atom stereocenters. The third-order valence-electron chi connectivity index (χ3n) is 9.58. The smallest absolute Gasteiger partial charge is 0.0582 e. The Kier molecular flexibility index (Phi) is 4.06. The van der Waals surface area contributed by atoms with E-state index in [9.17, 15) is 0 Å². The molecule has 8 aromatic rings. The lowest BCUT2D eigenvalue weighted by Crippen LogP contribution is -2.26. The summed E-state index contributed by atoms with van der Waals surface area (Å²) in [7, 11) is 0. The molecule has 1 aliphatic rings. The molecule has 0 radical (unpaired) electrons. The lowest BCUT2D eigenvalue weighted by Gasteiger charge is -2.35. The van der Waals surface area contributed by atoms with E-state index in [1.165, 1.54) is 93.2 Å². The molecule has 0 spiro atoms. The molecule has 1 aromatic heterocycles. The van der Waals surface area contributed by atoms with Crippen LogP contribution >= 0.6 is 0 Å². The van der Waals surface area contributed by atoms with Gasteiger partial charge in [-0.25, -0.2) is 0 Å². The van der Waals surface area contributed by atoms with Gasteiger partial charge in [0.25, 0.3) is 0 Å². The Morgan fingerprint density at radius 2 is 1.27 bits per heavy atom. The van der Waals surface area contributed by atoms with Crippen LogP contribution in [0.1, 0.15) is 36.1 Å². The summed E-state index contributed by atoms with van der Waals surface area (Å²) in [6.07, 6.45) is 0. The lowest BCUT2D eigenvalue weighted by atomic mass is 9.73. The molecule has 1 heteroatoms. The van der Waals surface area contributed by atoms with Crippen LogP contribution in [0.25, 0.3) is 70.9 Å². The first-order chi connectivity index (χ1) is 19.4. The SMILES string of the molecule is Cc1ccc2c(c1)c1cc(C)cc3c1n2-c1ccc(-c2ccc4ccc5cccc6ccc2c4c56)cc1C3(C)C. The van der Waals surface area contributed by atoms with Crippen molar-refractivity contribution in [1.82, 2.24) is 4.57 Å². The lowest BCUT2D eigenvalue weighted by molar-refractivity contribution is 0.630. The molecule has 0 aliphatic carbocycles. The van der Waals surface area contributed by atoms with Gasteiger partial charge in [0.05, 0.1) is 16.7 Å². The molecule has 1 aliphatic heterocycles. The first-order valence-electron chi connectivity index (χ1n) is 14.3. The van der Waals surface area contributed by atoms with E-state index in [1.54, 1.807) is 0 Å². The quantitative estimate of drug-likeness (QED) is 0.193. The van der Waals surface area contributed by atoms with Gasteiger partial charge in [-0.05, 0) is 98.8 Å². The van der Waals surface area contributed by atoms with Crippen molar-refractivity contribution in [2.75, 3.05) is 0 Å². The van der Waals surface area contributed by atoms with Gasteiger partial charge in [0.1, 0.15) is 0 Å². The average Bonchev–Trinajstić information content (AvgIpc) is 3.27. The number of aryl methyl sites for hydroxylation is 2. The number of rotatable bonds is 1. The Bertz CT molecular complexity index is 2350. The van der Waals surface area contributed by atoms with E-state index >= 15 is 0 Å². The van der Waals surface area contributed by atoms with Crippen LogP contribution < -0.4 is 0 Å². The van der Waals surface area contributed by atoms with Crippen LogP contribution in [-0.4, -0.2) is 4.57 Å². The standard InChI is InChI=1S/C39H29N/c1-22-8-16-34-30(18-22)31-19-23(2)20-33-38(31)40(34)35-17-13-27(21-32(35)39(33,3)4)28-14-11-26-10-9-24-6-5-7-25-12-15-29(28)37(26)36(24)25/h5-21H,1-4H3. The largest absolute Gasteiger partial charge is 0.309 e. The van der Waals surface area contributed by atoms with Crippen LogP contribution in [0.5, 0.6) is 0 Å². The molecule has 9 rings (SSSR count). The van der Waals surface area contributed by atoms with E-state index in [0.717, 1.165) is 0 Å². The van der Waals surface area contributed by atoms with E-state index < -0.39 is 0 Å². The molecule has 190 valence electrons. The number of fused-ring (bicyclic) bond motifs is 5. The minimum Gasteiger partial charge on any atom is -0.309 e. The van der Waals surface area contributed by atoms with Crippen molar-refractivity contribution in [2.24, 2.45) is 0 Å². The van der Waals surface area contributed by atoms with E-state index in [1.807, 2.05) is 0 Å². The number of benzene rings is 7. The van der Waals surface area contributed by atoms with E-state index in [-0.39, 0.29) is 5.41 Å². The van der Waals surface area contributed by atoms with Gasteiger partial charge in [0.2, 0.25) is 0 Å². The Morgan fingerprint density at radius 3 is 2.10 bits per heavy atom. The second-order valence-corrected chi connectivity index (χ2v) is 12.4. The van der Waals surface area contributed by atoms with Crippen LogP contribution in [0, 0.1) is 13.8 Å². The summed E-state index contributed by atoms with van der Waals surface area (Å²) >= 11 is 0. The van der Waals surface area contributed by atoms with Crippen molar-refractivity contribution in [3.05, 3.63) is 125 Å². The molecule has 0 N–H and O–H groups in total. The zero-order valence-corrected chi connectivity index (χ0v) is 23.3. The number of hydrogen-bond donors (Lipinski definition) is 0. The van der Waals surface area contributed by atoms with E-state index in [4.69, 9.17) is 0 Å². The zero-order chi connectivity index (χ0) is 26.9. The maximum absolute atomic E-state index is 2.52. The van der Waals surface area contributed by atoms with Crippen LogP contribution in [0.4, 0.5) is 0 Å². The average molecular weight is 512 g/mol. The second kappa shape index (κ2) is 7.31. The van der Waals surface area contributed by atoms with Crippen molar-refractivity contribution < 1.29 is 0 Å². The minimum atomic E-state index is -0.126. The molecular formula is C39H29N. The van der Waals surface area contributed by atoms with Gasteiger partial charge < -0.3 is 4.57 Å². The molecule has 1 nitrogen and oxygen atoms in total. The van der Waals surface area contributed by atoms with Gasteiger partial charge in [0.15, 0.2) is 0 Å². The highest BCUT2D eigenvalue weighted by molar-refractivity contribution is 6.25. The topological polar surface area (TPSA) is 4.93 Å². The maximum Gasteiger partial charge on any atom is 0.0582 e. The Labute approximate surface area is 233 Å². The van der Waals surface area contributed by atoms with Gasteiger partial charge >= 0.3 is 0 Å². The van der Waals surface area contributed by atoms with Crippen molar-refractivity contribution in [3.63, 3.8) is 0 Å². The van der Waals surface area contributed by atoms with Crippen LogP contribution in [0.15, 0.2) is 103 Å². The van der Waals surface area contributed by atoms with Gasteiger partial charge in [-0.3, -0.25) is 0 Å². The fraction of sp³-hybridized carbons (Fsp3) is 0.128. The fourth-order valence-electron chi connectivity index (χ4n) is 7.66. The molecule has 0 atom stereocenters. The van der Waals surface area contributed by atoms with E-state index in [0.29, 0.717) is 0 Å².